The molecule has 0 aliphatic rings. The Hall–Kier alpha value is -6.35. The molecule has 0 radical (unpaired) electrons. The van der Waals surface area contributed by atoms with E-state index in [0.717, 1.165) is 44.5 Å². The first-order valence-corrected chi connectivity index (χ1v) is 22.8. The Kier molecular flexibility index (Phi) is 9.76. The van der Waals surface area contributed by atoms with Crippen LogP contribution in [0, 0.1) is 33.9 Å². The first-order valence-electron chi connectivity index (χ1n) is 28.8. The number of rotatable bonds is 8. The number of fused-ring (bicyclic) bond motifs is 1. The van der Waals surface area contributed by atoms with E-state index >= 15 is 0 Å². The Morgan fingerprint density at radius 1 is 0.565 bits per heavy atom. The summed E-state index contributed by atoms with van der Waals surface area (Å²) < 4.78 is 109. The van der Waals surface area contributed by atoms with Crippen molar-refractivity contribution in [1.82, 2.24) is 14.5 Å². The first kappa shape index (κ1) is 35.7. The van der Waals surface area contributed by atoms with Crippen LogP contribution in [0.4, 0.5) is 0 Å². The molecule has 0 aliphatic heterocycles. The minimum Gasteiger partial charge on any atom is -0.665 e. The number of benzene rings is 7. The number of nitrogens with zero attached hydrogens (tertiary/aromatic N) is 3. The van der Waals surface area contributed by atoms with Crippen LogP contribution < -0.4 is 4.74 Å². The van der Waals surface area contributed by atoms with E-state index in [9.17, 15) is 0 Å². The molecule has 0 fully saturated rings. The van der Waals surface area contributed by atoms with E-state index in [4.69, 9.17) is 31.2 Å². The minimum absolute atomic E-state index is 0. The summed E-state index contributed by atoms with van der Waals surface area (Å²) in [7, 11) is 3.89. The minimum atomic E-state index is -3.40. The zero-order valence-electron chi connectivity index (χ0n) is 52.2. The summed E-state index contributed by atoms with van der Waals surface area (Å²) in [6.07, 6.45) is 1.64. The molecule has 9 rings (SSSR count). The van der Waals surface area contributed by atoms with E-state index in [1.807, 2.05) is 97.3 Å². The fourth-order valence-corrected chi connectivity index (χ4v) is 9.02. The van der Waals surface area contributed by atoms with E-state index in [1.54, 1.807) is 18.3 Å². The topological polar surface area (TPSA) is 39.9 Å². The Bertz CT molecular complexity index is 3750. The van der Waals surface area contributed by atoms with Gasteiger partial charge in [-0.1, -0.05) is 176 Å². The summed E-state index contributed by atoms with van der Waals surface area (Å²) >= 11 is 0. The predicted molar refractivity (Wildman–Crippen MR) is 287 cm³/mol. The quantitative estimate of drug-likeness (QED) is 0.142. The van der Waals surface area contributed by atoms with Crippen LogP contribution in [0.3, 0.4) is 0 Å². The Morgan fingerprint density at radius 2 is 1.22 bits per heavy atom. The smallest absolute Gasteiger partial charge is 0.665 e. The van der Waals surface area contributed by atoms with Crippen molar-refractivity contribution >= 4 is 11.0 Å². The van der Waals surface area contributed by atoms with Gasteiger partial charge < -0.3 is 4.74 Å². The largest absolute Gasteiger partial charge is 2.00 e. The van der Waals surface area contributed by atoms with Gasteiger partial charge in [0, 0.05) is 33.9 Å². The molecule has 4 nitrogen and oxygen atoms in total. The molecular formula is C64H63N3OPt. The maximum atomic E-state index is 9.03. The molecule has 0 aliphatic carbocycles. The SMILES string of the molecule is [2H]C([2H])([2H])c1cc(-n2c(-c3cc(C)cc(C)c3O[CH2-])nc3c(-c4[c-]c(-c5cc(-c6ccc(C(C([2H])([2H])[2H])(C([2H])([2H])[2H])C([2H])([2H])[2H])cc6)ccn5)cc(C(C)(C)C)c4)cccc32)c(-c2ccc(C(C)(C)C)cc2)cc1-c1ccccc1.[Pt+2]. The number of para-hydroxylation sites is 1. The van der Waals surface area contributed by atoms with Crippen LogP contribution in [0.15, 0.2) is 152 Å². The van der Waals surface area contributed by atoms with Crippen molar-refractivity contribution in [2.24, 2.45) is 0 Å². The van der Waals surface area contributed by atoms with Gasteiger partial charge in [0.25, 0.3) is 0 Å². The number of hydrogen-bond donors (Lipinski definition) is 0. The van der Waals surface area contributed by atoms with Crippen molar-refractivity contribution in [3.63, 3.8) is 0 Å². The molecule has 0 amide bonds. The molecule has 7 aromatic carbocycles. The van der Waals surface area contributed by atoms with Crippen LogP contribution in [0.1, 0.15) is 112 Å². The van der Waals surface area contributed by atoms with Crippen molar-refractivity contribution in [2.75, 3.05) is 0 Å². The normalized spacial score (nSPS) is 15.3. The second-order valence-corrected chi connectivity index (χ2v) is 19.9. The van der Waals surface area contributed by atoms with E-state index in [2.05, 4.69) is 85.1 Å². The maximum Gasteiger partial charge on any atom is 2.00 e. The van der Waals surface area contributed by atoms with Crippen molar-refractivity contribution in [3.8, 4) is 78.6 Å². The Balaban J connectivity index is 0.00000860. The van der Waals surface area contributed by atoms with Gasteiger partial charge in [0.1, 0.15) is 5.82 Å². The van der Waals surface area contributed by atoms with E-state index in [0.29, 0.717) is 67.4 Å². The van der Waals surface area contributed by atoms with Gasteiger partial charge in [0.15, 0.2) is 0 Å². The summed E-state index contributed by atoms with van der Waals surface area (Å²) in [4.78, 5) is 10.4. The summed E-state index contributed by atoms with van der Waals surface area (Å²) in [5, 5.41) is 0. The average Bonchev–Trinajstić information content (AvgIpc) is 3.76. The van der Waals surface area contributed by atoms with Crippen molar-refractivity contribution in [2.45, 2.75) is 99.0 Å². The molecule has 2 heterocycles. The molecule has 2 aromatic heterocycles. The van der Waals surface area contributed by atoms with Gasteiger partial charge in [-0.05, 0) is 123 Å². The molecule has 0 spiro atoms. The molecule has 9 aromatic rings. The third-order valence-corrected chi connectivity index (χ3v) is 12.7. The van der Waals surface area contributed by atoms with Gasteiger partial charge in [-0.15, -0.1) is 29.3 Å². The van der Waals surface area contributed by atoms with Gasteiger partial charge in [0.05, 0.1) is 28.0 Å². The number of pyridine rings is 1. The predicted octanol–water partition coefficient (Wildman–Crippen LogP) is 17.2. The number of ether oxygens (including phenoxy) is 1. The van der Waals surface area contributed by atoms with E-state index in [-0.39, 0.29) is 43.0 Å². The summed E-state index contributed by atoms with van der Waals surface area (Å²) in [6.45, 7) is 4.09. The molecule has 350 valence electrons. The molecule has 0 saturated heterocycles. The Morgan fingerprint density at radius 3 is 1.87 bits per heavy atom. The summed E-state index contributed by atoms with van der Waals surface area (Å²) in [6, 6.07) is 48.8. The standard InChI is InChI=1S/C64H63N3O.Pt/c1-40-32-42(3)60(68-13)55(33-40)61-66-59-52(47-35-48(37-51(36-47)64(10,11)12)56-38-46(30-31-65-56)43-22-26-49(27-23-43)62(4,5)6)20-17-21-57(59)67(61)58-34-41(2)53(44-18-15-14-16-19-44)39-54(58)45-24-28-50(29-25-45)63(7,8)9;/h14-34,36-39H,13H2,1-12H3;/q-2;+2/i2D3,4D3,5D3,6D3;. The van der Waals surface area contributed by atoms with Gasteiger partial charge >= 0.3 is 21.1 Å². The fraction of sp³-hybridized carbons (Fsp3) is 0.234. The third kappa shape index (κ3) is 9.79. The second-order valence-electron chi connectivity index (χ2n) is 19.9. The van der Waals surface area contributed by atoms with Gasteiger partial charge in [-0.3, -0.25) is 9.55 Å². The number of imidazole rings is 1. The Labute approximate surface area is 442 Å². The molecule has 0 N–H and O–H groups in total. The zero-order chi connectivity index (χ0) is 58.3. The van der Waals surface area contributed by atoms with Gasteiger partial charge in [0.2, 0.25) is 0 Å². The molecule has 0 atom stereocenters. The van der Waals surface area contributed by atoms with E-state index in [1.165, 1.54) is 24.3 Å². The van der Waals surface area contributed by atoms with Crippen LogP contribution in [0.5, 0.6) is 5.75 Å². The van der Waals surface area contributed by atoms with Gasteiger partial charge in [-0.25, -0.2) is 4.98 Å². The first-order chi connectivity index (χ1) is 37.2. The zero-order valence-corrected chi connectivity index (χ0v) is 42.5. The molecule has 0 unspecified atom stereocenters. The van der Waals surface area contributed by atoms with Crippen molar-refractivity contribution in [1.29, 1.82) is 0 Å². The van der Waals surface area contributed by atoms with Crippen LogP contribution in [-0.2, 0) is 37.3 Å². The number of aryl methyl sites for hydroxylation is 3. The third-order valence-electron chi connectivity index (χ3n) is 12.7. The van der Waals surface area contributed by atoms with Gasteiger partial charge in [-0.2, -0.15) is 7.11 Å². The maximum absolute atomic E-state index is 9.03. The monoisotopic (exact) mass is 1100 g/mol. The van der Waals surface area contributed by atoms with Crippen LogP contribution in [0.25, 0.3) is 83.9 Å². The van der Waals surface area contributed by atoms with Crippen LogP contribution in [-0.4, -0.2) is 14.5 Å². The number of hydrogen-bond acceptors (Lipinski definition) is 3. The molecular weight excluding hydrogens is 1020 g/mol. The summed E-state index contributed by atoms with van der Waals surface area (Å²) in [5.41, 5.74) is 9.47. The fourth-order valence-electron chi connectivity index (χ4n) is 9.02. The second kappa shape index (κ2) is 18.9. The van der Waals surface area contributed by atoms with E-state index < -0.39 is 32.8 Å². The number of aromatic nitrogens is 3. The molecule has 0 bridgehead atoms. The average molecular weight is 1100 g/mol. The molecule has 0 saturated carbocycles. The van der Waals surface area contributed by atoms with Crippen LogP contribution in [0.2, 0.25) is 0 Å². The van der Waals surface area contributed by atoms with Crippen molar-refractivity contribution in [3.05, 3.63) is 198 Å². The molecule has 69 heavy (non-hydrogen) atoms. The molecule has 5 heteroatoms. The van der Waals surface area contributed by atoms with Crippen LogP contribution >= 0.6 is 0 Å². The summed E-state index contributed by atoms with van der Waals surface area (Å²) in [5.74, 6) is 1.01. The van der Waals surface area contributed by atoms with Crippen molar-refractivity contribution < 1.29 is 42.3 Å².